The van der Waals surface area contributed by atoms with Gasteiger partial charge in [0.15, 0.2) is 11.6 Å². The number of methoxy groups -OCH3 is 1. The number of phenols is 1. The lowest BCUT2D eigenvalue weighted by Gasteiger charge is -2.41. The topological polar surface area (TPSA) is 128 Å². The van der Waals surface area contributed by atoms with Crippen LogP contribution in [-0.4, -0.2) is 39.6 Å². The first kappa shape index (κ1) is 34.7. The highest BCUT2D eigenvalue weighted by Crippen LogP contribution is 2.59. The summed E-state index contributed by atoms with van der Waals surface area (Å²) < 4.78 is 24.1. The minimum absolute atomic E-state index is 0.0372. The second kappa shape index (κ2) is 13.2. The summed E-state index contributed by atoms with van der Waals surface area (Å²) in [6.07, 6.45) is 6.08. The quantitative estimate of drug-likeness (QED) is 0.130. The number of aromatic hydroxyl groups is 1. The molecule has 0 bridgehead atoms. The second-order valence-electron chi connectivity index (χ2n) is 15.2. The molecule has 0 saturated heterocycles. The van der Waals surface area contributed by atoms with Crippen molar-refractivity contribution in [3.63, 3.8) is 0 Å². The predicted molar refractivity (Wildman–Crippen MR) is 199 cm³/mol. The molecule has 3 aliphatic rings. The number of Topliss-reactive ketones (excluding diaryl/α,β-unsaturated/α-hetero) is 2. The van der Waals surface area contributed by atoms with E-state index in [2.05, 4.69) is 25.1 Å². The summed E-state index contributed by atoms with van der Waals surface area (Å²) in [5, 5.41) is 29.8. The van der Waals surface area contributed by atoms with Gasteiger partial charge in [0.05, 0.1) is 29.5 Å². The van der Waals surface area contributed by atoms with E-state index in [9.17, 15) is 19.8 Å². The van der Waals surface area contributed by atoms with Gasteiger partial charge in [-0.2, -0.15) is 0 Å². The van der Waals surface area contributed by atoms with Crippen LogP contribution in [0.15, 0.2) is 83.4 Å². The van der Waals surface area contributed by atoms with E-state index >= 15 is 0 Å². The summed E-state index contributed by atoms with van der Waals surface area (Å²) in [5.74, 6) is -1.24. The van der Waals surface area contributed by atoms with E-state index in [1.807, 2.05) is 73.7 Å². The van der Waals surface area contributed by atoms with Crippen LogP contribution in [0.25, 0.3) is 10.8 Å². The number of allylic oxidation sites excluding steroid dienone is 2. The largest absolute Gasteiger partial charge is 0.506 e. The number of benzene rings is 4. The first-order valence-corrected chi connectivity index (χ1v) is 18.2. The maximum atomic E-state index is 14.9. The molecule has 0 aliphatic heterocycles. The molecule has 3 unspecified atom stereocenters. The average molecular weight is 714 g/mol. The number of carbonyl (C=O) groups excluding carboxylic acids is 2. The van der Waals surface area contributed by atoms with Crippen LogP contribution in [0.2, 0.25) is 0 Å². The minimum atomic E-state index is -2.16. The molecule has 8 rings (SSSR count). The molecule has 3 aliphatic carbocycles. The molecule has 2 N–H and O–H groups in total. The molecule has 0 radical (unpaired) electrons. The number of phenolic OH excluding ortho intramolecular Hbond substituents is 1. The SMILES string of the molecule is C/C=C/CCC(C)(C)C1Cc2c3c(c(O)c4c(OCc5ccccc5)cc(OC)c1c24)C(=O)C1(O)Cc2c(OCc4ccccc4)noc2CC1C3=O. The third-order valence-electron chi connectivity index (χ3n) is 11.6. The summed E-state index contributed by atoms with van der Waals surface area (Å²) in [5.41, 5.74) is 1.40. The van der Waals surface area contributed by atoms with Crippen molar-refractivity contribution in [2.24, 2.45) is 11.3 Å². The van der Waals surface area contributed by atoms with Gasteiger partial charge in [-0.25, -0.2) is 0 Å². The number of hydrogen-bond donors (Lipinski definition) is 2. The normalized spacial score (nSPS) is 20.4. The highest BCUT2D eigenvalue weighted by molar-refractivity contribution is 6.25. The van der Waals surface area contributed by atoms with E-state index in [4.69, 9.17) is 18.7 Å². The number of carbonyl (C=O) groups is 2. The molecule has 5 aromatic rings. The number of aliphatic hydroxyl groups is 1. The van der Waals surface area contributed by atoms with Crippen LogP contribution >= 0.6 is 0 Å². The maximum absolute atomic E-state index is 14.9. The van der Waals surface area contributed by atoms with E-state index in [0.29, 0.717) is 45.6 Å². The number of ketones is 2. The van der Waals surface area contributed by atoms with Gasteiger partial charge in [0.1, 0.15) is 41.8 Å². The van der Waals surface area contributed by atoms with Crippen LogP contribution in [0, 0.1) is 11.3 Å². The van der Waals surface area contributed by atoms with Crippen LogP contribution in [0.3, 0.4) is 0 Å². The third-order valence-corrected chi connectivity index (χ3v) is 11.6. The van der Waals surface area contributed by atoms with Crippen molar-refractivity contribution in [2.75, 3.05) is 7.11 Å². The standard InChI is InChI=1S/C44H43NO8/c1-5-6-13-18-43(2,3)29-19-27-34-36(29)32(50-4)21-33(51-23-25-14-9-7-10-15-25)37(34)40(47)38-35(27)39(46)30-20-31-28(22-44(30,49)41(38)48)42(45-53-31)52-24-26-16-11-8-12-17-26/h5-12,14-17,21,29-30,47,49H,13,18-20,22-24H2,1-4H3/b6-5+. The number of fused-ring (bicyclic) bond motifs is 4. The summed E-state index contributed by atoms with van der Waals surface area (Å²) in [4.78, 5) is 29.7. The molecule has 1 heterocycles. The van der Waals surface area contributed by atoms with Crippen molar-refractivity contribution in [3.05, 3.63) is 124 Å². The zero-order chi connectivity index (χ0) is 37.1. The van der Waals surface area contributed by atoms with Gasteiger partial charge in [0, 0.05) is 35.4 Å². The summed E-state index contributed by atoms with van der Waals surface area (Å²) >= 11 is 0. The molecule has 9 nitrogen and oxygen atoms in total. The zero-order valence-electron chi connectivity index (χ0n) is 30.4. The Balaban J connectivity index is 1.27. The van der Waals surface area contributed by atoms with Gasteiger partial charge in [0.25, 0.3) is 5.88 Å². The molecule has 3 atom stereocenters. The lowest BCUT2D eigenvalue weighted by atomic mass is 9.62. The zero-order valence-corrected chi connectivity index (χ0v) is 30.4. The van der Waals surface area contributed by atoms with Gasteiger partial charge in [-0.05, 0) is 59.4 Å². The van der Waals surface area contributed by atoms with E-state index in [1.165, 1.54) is 0 Å². The summed E-state index contributed by atoms with van der Waals surface area (Å²) in [6.45, 7) is 6.82. The lowest BCUT2D eigenvalue weighted by Crippen LogP contribution is -2.57. The molecular weight excluding hydrogens is 670 g/mol. The Kier molecular flexibility index (Phi) is 8.65. The Morgan fingerprint density at radius 1 is 0.925 bits per heavy atom. The van der Waals surface area contributed by atoms with Crippen molar-refractivity contribution in [1.82, 2.24) is 5.16 Å². The first-order chi connectivity index (χ1) is 25.6. The van der Waals surface area contributed by atoms with E-state index < -0.39 is 23.1 Å². The Bertz CT molecular complexity index is 2270. The van der Waals surface area contributed by atoms with Gasteiger partial charge in [-0.3, -0.25) is 9.59 Å². The minimum Gasteiger partial charge on any atom is -0.506 e. The number of hydrogen-bond acceptors (Lipinski definition) is 9. The van der Waals surface area contributed by atoms with Crippen molar-refractivity contribution < 1.29 is 38.5 Å². The van der Waals surface area contributed by atoms with Crippen molar-refractivity contribution >= 4 is 22.3 Å². The van der Waals surface area contributed by atoms with E-state index in [0.717, 1.165) is 29.5 Å². The van der Waals surface area contributed by atoms with Gasteiger partial charge in [-0.1, -0.05) is 86.7 Å². The van der Waals surface area contributed by atoms with Gasteiger partial charge >= 0.3 is 0 Å². The van der Waals surface area contributed by atoms with Crippen LogP contribution < -0.4 is 14.2 Å². The van der Waals surface area contributed by atoms with Crippen molar-refractivity contribution in [2.45, 2.75) is 77.6 Å². The molecule has 1 aromatic heterocycles. The van der Waals surface area contributed by atoms with Crippen molar-refractivity contribution in [3.8, 4) is 23.1 Å². The van der Waals surface area contributed by atoms with Crippen molar-refractivity contribution in [1.29, 1.82) is 0 Å². The Morgan fingerprint density at radius 2 is 1.60 bits per heavy atom. The first-order valence-electron chi connectivity index (χ1n) is 18.2. The Labute approximate surface area is 308 Å². The van der Waals surface area contributed by atoms with E-state index in [1.54, 1.807) is 13.2 Å². The highest BCUT2D eigenvalue weighted by atomic mass is 16.5. The highest BCUT2D eigenvalue weighted by Gasteiger charge is 2.59. The van der Waals surface area contributed by atoms with E-state index in [-0.39, 0.29) is 60.1 Å². The van der Waals surface area contributed by atoms with Gasteiger partial charge in [0.2, 0.25) is 0 Å². The fourth-order valence-electron chi connectivity index (χ4n) is 8.73. The number of aromatic nitrogens is 1. The maximum Gasteiger partial charge on any atom is 0.258 e. The third kappa shape index (κ3) is 5.60. The van der Waals surface area contributed by atoms with Crippen LogP contribution in [0.5, 0.6) is 23.1 Å². The number of nitrogens with zero attached hydrogens (tertiary/aromatic N) is 1. The monoisotopic (exact) mass is 713 g/mol. The Hall–Kier alpha value is -5.41. The molecule has 4 aromatic carbocycles. The second-order valence-corrected chi connectivity index (χ2v) is 15.2. The molecule has 0 amide bonds. The molecular formula is C44H43NO8. The van der Waals surface area contributed by atoms with Crippen LogP contribution in [0.4, 0.5) is 0 Å². The molecule has 53 heavy (non-hydrogen) atoms. The van der Waals surface area contributed by atoms with Gasteiger partial charge in [-0.15, -0.1) is 0 Å². The molecule has 0 saturated carbocycles. The van der Waals surface area contributed by atoms with Crippen LogP contribution in [0.1, 0.15) is 93.8 Å². The van der Waals surface area contributed by atoms with Gasteiger partial charge < -0.3 is 28.9 Å². The van der Waals surface area contributed by atoms with Crippen LogP contribution in [-0.2, 0) is 32.5 Å². The molecule has 272 valence electrons. The average Bonchev–Trinajstić information content (AvgIpc) is 3.76. The molecule has 0 fully saturated rings. The lowest BCUT2D eigenvalue weighted by molar-refractivity contribution is -0.00872. The number of rotatable bonds is 11. The Morgan fingerprint density at radius 3 is 2.26 bits per heavy atom. The summed E-state index contributed by atoms with van der Waals surface area (Å²) in [7, 11) is 1.61. The number of ether oxygens (including phenoxy) is 3. The fourth-order valence-corrected chi connectivity index (χ4v) is 8.73. The predicted octanol–water partition coefficient (Wildman–Crippen LogP) is 8.25. The smallest absolute Gasteiger partial charge is 0.258 e. The summed E-state index contributed by atoms with van der Waals surface area (Å²) in [6, 6.07) is 21.0. The molecule has 9 heteroatoms. The fraction of sp³-hybridized carbons (Fsp3) is 0.341. The molecule has 0 spiro atoms.